The standard InChI is InChI=1S/C15H21NO2/c1-15(2)9-8-13(16-10-14(17)18-3)11-6-4-5-7-12(11)15/h4-7,13,16H,8-10H2,1-3H3. The summed E-state index contributed by atoms with van der Waals surface area (Å²) in [6, 6.07) is 8.76. The van der Waals surface area contributed by atoms with Crippen molar-refractivity contribution < 1.29 is 9.53 Å². The summed E-state index contributed by atoms with van der Waals surface area (Å²) in [6.07, 6.45) is 2.18. The molecule has 1 N–H and O–H groups in total. The Bertz CT molecular complexity index is 440. The third-order valence-corrected chi connectivity index (χ3v) is 3.84. The van der Waals surface area contributed by atoms with Gasteiger partial charge in [-0.05, 0) is 29.4 Å². The average molecular weight is 247 g/mol. The molecule has 1 aliphatic rings. The van der Waals surface area contributed by atoms with Gasteiger partial charge in [-0.3, -0.25) is 4.79 Å². The van der Waals surface area contributed by atoms with Gasteiger partial charge in [-0.15, -0.1) is 0 Å². The Hall–Kier alpha value is -1.35. The lowest BCUT2D eigenvalue weighted by atomic mass is 9.71. The zero-order valence-electron chi connectivity index (χ0n) is 11.3. The van der Waals surface area contributed by atoms with Crippen molar-refractivity contribution in [1.29, 1.82) is 0 Å². The van der Waals surface area contributed by atoms with Crippen LogP contribution in [0.4, 0.5) is 0 Å². The Morgan fingerprint density at radius 2 is 2.17 bits per heavy atom. The fourth-order valence-electron chi connectivity index (χ4n) is 2.70. The molecule has 0 radical (unpaired) electrons. The quantitative estimate of drug-likeness (QED) is 0.834. The number of rotatable bonds is 3. The molecule has 0 aromatic heterocycles. The van der Waals surface area contributed by atoms with Crippen molar-refractivity contribution in [3.8, 4) is 0 Å². The maximum atomic E-state index is 11.2. The van der Waals surface area contributed by atoms with Gasteiger partial charge in [0.15, 0.2) is 0 Å². The van der Waals surface area contributed by atoms with Crippen LogP contribution in [0.5, 0.6) is 0 Å². The third-order valence-electron chi connectivity index (χ3n) is 3.84. The summed E-state index contributed by atoms with van der Waals surface area (Å²) in [4.78, 5) is 11.2. The Morgan fingerprint density at radius 3 is 2.89 bits per heavy atom. The van der Waals surface area contributed by atoms with E-state index in [0.29, 0.717) is 0 Å². The van der Waals surface area contributed by atoms with E-state index in [4.69, 9.17) is 0 Å². The van der Waals surface area contributed by atoms with E-state index in [1.165, 1.54) is 18.2 Å². The largest absolute Gasteiger partial charge is 0.468 e. The van der Waals surface area contributed by atoms with E-state index in [-0.39, 0.29) is 24.0 Å². The summed E-state index contributed by atoms with van der Waals surface area (Å²) >= 11 is 0. The monoisotopic (exact) mass is 247 g/mol. The molecule has 1 unspecified atom stereocenters. The second-order valence-corrected chi connectivity index (χ2v) is 5.52. The molecule has 0 spiro atoms. The number of esters is 1. The van der Waals surface area contributed by atoms with Crippen LogP contribution in [0, 0.1) is 0 Å². The van der Waals surface area contributed by atoms with Crippen molar-refractivity contribution in [3.63, 3.8) is 0 Å². The fraction of sp³-hybridized carbons (Fsp3) is 0.533. The molecule has 98 valence electrons. The van der Waals surface area contributed by atoms with E-state index in [2.05, 4.69) is 48.2 Å². The molecule has 1 aromatic rings. The smallest absolute Gasteiger partial charge is 0.319 e. The first-order valence-corrected chi connectivity index (χ1v) is 6.44. The lowest BCUT2D eigenvalue weighted by Crippen LogP contribution is -2.35. The predicted octanol–water partition coefficient (Wildman–Crippen LogP) is 2.56. The highest BCUT2D eigenvalue weighted by Crippen LogP contribution is 2.41. The third kappa shape index (κ3) is 2.56. The van der Waals surface area contributed by atoms with Gasteiger partial charge in [-0.1, -0.05) is 38.1 Å². The Morgan fingerprint density at radius 1 is 1.44 bits per heavy atom. The predicted molar refractivity (Wildman–Crippen MR) is 71.5 cm³/mol. The van der Waals surface area contributed by atoms with Crippen LogP contribution in [0.2, 0.25) is 0 Å². The molecule has 1 aliphatic carbocycles. The number of ether oxygens (including phenoxy) is 1. The first-order chi connectivity index (χ1) is 8.54. The van der Waals surface area contributed by atoms with E-state index >= 15 is 0 Å². The molecule has 18 heavy (non-hydrogen) atoms. The van der Waals surface area contributed by atoms with E-state index in [9.17, 15) is 4.79 Å². The van der Waals surface area contributed by atoms with Crippen molar-refractivity contribution >= 4 is 5.97 Å². The van der Waals surface area contributed by atoms with Crippen molar-refractivity contribution in [2.45, 2.75) is 38.1 Å². The summed E-state index contributed by atoms with van der Waals surface area (Å²) < 4.78 is 4.67. The number of nitrogens with one attached hydrogen (secondary N) is 1. The van der Waals surface area contributed by atoms with E-state index in [1.807, 2.05) is 0 Å². The highest BCUT2D eigenvalue weighted by atomic mass is 16.5. The van der Waals surface area contributed by atoms with Crippen molar-refractivity contribution in [2.24, 2.45) is 0 Å². The number of carbonyl (C=O) groups excluding carboxylic acids is 1. The maximum Gasteiger partial charge on any atom is 0.319 e. The zero-order chi connectivity index (χ0) is 13.2. The number of benzene rings is 1. The van der Waals surface area contributed by atoms with Gasteiger partial charge < -0.3 is 10.1 Å². The molecular formula is C15H21NO2. The highest BCUT2D eigenvalue weighted by Gasteiger charge is 2.32. The molecule has 2 rings (SSSR count). The number of methoxy groups -OCH3 is 1. The molecular weight excluding hydrogens is 226 g/mol. The molecule has 0 heterocycles. The molecule has 0 saturated heterocycles. The second kappa shape index (κ2) is 5.11. The van der Waals surface area contributed by atoms with E-state index in [1.54, 1.807) is 0 Å². The molecule has 0 fully saturated rings. The lowest BCUT2D eigenvalue weighted by Gasteiger charge is -2.37. The Balaban J connectivity index is 2.18. The minimum atomic E-state index is -0.211. The summed E-state index contributed by atoms with van der Waals surface area (Å²) in [5, 5.41) is 3.29. The van der Waals surface area contributed by atoms with Crippen molar-refractivity contribution in [2.75, 3.05) is 13.7 Å². The van der Waals surface area contributed by atoms with Crippen LogP contribution in [0.3, 0.4) is 0 Å². The summed E-state index contributed by atoms with van der Waals surface area (Å²) in [7, 11) is 1.42. The van der Waals surface area contributed by atoms with Crippen LogP contribution in [0.1, 0.15) is 43.9 Å². The number of fused-ring (bicyclic) bond motifs is 1. The van der Waals surface area contributed by atoms with Gasteiger partial charge in [0.1, 0.15) is 0 Å². The normalized spacial score (nSPS) is 21.2. The average Bonchev–Trinajstić information content (AvgIpc) is 2.38. The Kier molecular flexibility index (Phi) is 3.71. The minimum absolute atomic E-state index is 0.211. The van der Waals surface area contributed by atoms with E-state index < -0.39 is 0 Å². The van der Waals surface area contributed by atoms with Crippen molar-refractivity contribution in [3.05, 3.63) is 35.4 Å². The van der Waals surface area contributed by atoms with Crippen molar-refractivity contribution in [1.82, 2.24) is 5.32 Å². The molecule has 0 saturated carbocycles. The SMILES string of the molecule is COC(=O)CNC1CCC(C)(C)c2ccccc21. The molecule has 0 aliphatic heterocycles. The number of hydrogen-bond donors (Lipinski definition) is 1. The first-order valence-electron chi connectivity index (χ1n) is 6.44. The van der Waals surface area contributed by atoms with E-state index in [0.717, 1.165) is 12.8 Å². The van der Waals surface area contributed by atoms with Gasteiger partial charge in [0.05, 0.1) is 13.7 Å². The van der Waals surface area contributed by atoms with Gasteiger partial charge in [-0.2, -0.15) is 0 Å². The first kappa shape index (κ1) is 13.1. The van der Waals surface area contributed by atoms with Gasteiger partial charge in [-0.25, -0.2) is 0 Å². The Labute approximate surface area is 109 Å². The van der Waals surface area contributed by atoms with Crippen LogP contribution in [0.25, 0.3) is 0 Å². The molecule has 3 nitrogen and oxygen atoms in total. The number of hydrogen-bond acceptors (Lipinski definition) is 3. The van der Waals surface area contributed by atoms with Crippen LogP contribution in [0.15, 0.2) is 24.3 Å². The summed E-state index contributed by atoms with van der Waals surface area (Å²) in [5.41, 5.74) is 2.93. The topological polar surface area (TPSA) is 38.3 Å². The number of carbonyl (C=O) groups is 1. The molecule has 3 heteroatoms. The molecule has 0 bridgehead atoms. The van der Waals surface area contributed by atoms with Gasteiger partial charge in [0.2, 0.25) is 0 Å². The highest BCUT2D eigenvalue weighted by molar-refractivity contribution is 5.71. The van der Waals surface area contributed by atoms with Crippen LogP contribution >= 0.6 is 0 Å². The zero-order valence-corrected chi connectivity index (χ0v) is 11.3. The summed E-state index contributed by atoms with van der Waals surface area (Å²) in [6.45, 7) is 4.83. The summed E-state index contributed by atoms with van der Waals surface area (Å²) in [5.74, 6) is -0.211. The van der Waals surface area contributed by atoms with Gasteiger partial charge in [0.25, 0.3) is 0 Å². The van der Waals surface area contributed by atoms with Crippen LogP contribution < -0.4 is 5.32 Å². The molecule has 0 amide bonds. The second-order valence-electron chi connectivity index (χ2n) is 5.52. The van der Waals surface area contributed by atoms with Crippen LogP contribution in [-0.4, -0.2) is 19.6 Å². The lowest BCUT2D eigenvalue weighted by molar-refractivity contribution is -0.139. The maximum absolute atomic E-state index is 11.2. The van der Waals surface area contributed by atoms with Gasteiger partial charge in [0, 0.05) is 6.04 Å². The van der Waals surface area contributed by atoms with Gasteiger partial charge >= 0.3 is 5.97 Å². The van der Waals surface area contributed by atoms with Crippen LogP contribution in [-0.2, 0) is 14.9 Å². The fourth-order valence-corrected chi connectivity index (χ4v) is 2.70. The minimum Gasteiger partial charge on any atom is -0.468 e. The molecule has 1 atom stereocenters. The molecule has 1 aromatic carbocycles.